The van der Waals surface area contributed by atoms with Crippen LogP contribution >= 0.6 is 0 Å². The van der Waals surface area contributed by atoms with Crippen LogP contribution in [0.5, 0.6) is 11.5 Å². The van der Waals surface area contributed by atoms with Gasteiger partial charge in [-0.05, 0) is 48.4 Å². The van der Waals surface area contributed by atoms with E-state index in [9.17, 15) is 14.4 Å². The first-order valence-electron chi connectivity index (χ1n) is 13.5. The first-order valence-corrected chi connectivity index (χ1v) is 13.5. The Morgan fingerprint density at radius 2 is 1.14 bits per heavy atom. The Kier molecular flexibility index (Phi) is 14.5. The fourth-order valence-corrected chi connectivity index (χ4v) is 3.50. The third kappa shape index (κ3) is 12.1. The standard InChI is InChI=1S/C31H35NO10/c33-15-16-37-17-18-38-19-20-39-21-22-40-31(36)32-14-13-24-11-12-27(41-29(34)25-7-3-1-4-8-25)28(23-24)42-30(35)26-9-5-2-6-10-26/h1-12,23,33H,13-22H2,(H,32,36). The molecule has 1 amide bonds. The molecule has 0 atom stereocenters. The predicted molar refractivity (Wildman–Crippen MR) is 152 cm³/mol. The van der Waals surface area contributed by atoms with Crippen molar-refractivity contribution in [1.82, 2.24) is 5.32 Å². The Morgan fingerprint density at radius 1 is 0.619 bits per heavy atom. The average molecular weight is 582 g/mol. The average Bonchev–Trinajstić information content (AvgIpc) is 3.02. The molecule has 0 bridgehead atoms. The van der Waals surface area contributed by atoms with Crippen LogP contribution < -0.4 is 14.8 Å². The zero-order chi connectivity index (χ0) is 29.8. The van der Waals surface area contributed by atoms with E-state index in [1.54, 1.807) is 78.9 Å². The number of hydrogen-bond acceptors (Lipinski definition) is 10. The highest BCUT2D eigenvalue weighted by molar-refractivity contribution is 5.93. The highest BCUT2D eigenvalue weighted by atomic mass is 16.6. The molecule has 2 N–H and O–H groups in total. The third-order valence-electron chi connectivity index (χ3n) is 5.56. The van der Waals surface area contributed by atoms with E-state index in [1.165, 1.54) is 0 Å². The molecule has 224 valence electrons. The lowest BCUT2D eigenvalue weighted by Gasteiger charge is -2.13. The van der Waals surface area contributed by atoms with E-state index < -0.39 is 18.0 Å². The predicted octanol–water partition coefficient (Wildman–Crippen LogP) is 3.44. The third-order valence-corrected chi connectivity index (χ3v) is 5.56. The summed E-state index contributed by atoms with van der Waals surface area (Å²) in [6.07, 6.45) is -0.201. The fraction of sp³-hybridized carbons (Fsp3) is 0.323. The number of alkyl carbamates (subject to hydrolysis) is 1. The van der Waals surface area contributed by atoms with Crippen molar-refractivity contribution in [3.63, 3.8) is 0 Å². The van der Waals surface area contributed by atoms with Gasteiger partial charge >= 0.3 is 18.0 Å². The summed E-state index contributed by atoms with van der Waals surface area (Å²) in [4.78, 5) is 37.3. The van der Waals surface area contributed by atoms with Crippen molar-refractivity contribution in [2.75, 3.05) is 59.4 Å². The molecule has 0 saturated carbocycles. The van der Waals surface area contributed by atoms with E-state index in [0.29, 0.717) is 44.0 Å². The van der Waals surface area contributed by atoms with Gasteiger partial charge in [0.2, 0.25) is 0 Å². The van der Waals surface area contributed by atoms with Crippen LogP contribution in [0.2, 0.25) is 0 Å². The van der Waals surface area contributed by atoms with E-state index in [0.717, 1.165) is 5.56 Å². The molecule has 0 heterocycles. The maximum Gasteiger partial charge on any atom is 0.407 e. The van der Waals surface area contributed by atoms with Crippen molar-refractivity contribution in [3.8, 4) is 11.5 Å². The van der Waals surface area contributed by atoms with Gasteiger partial charge in [-0.15, -0.1) is 0 Å². The number of nitrogens with one attached hydrogen (secondary N) is 1. The number of hydrogen-bond donors (Lipinski definition) is 2. The molecule has 0 aliphatic heterocycles. The Hall–Kier alpha value is -4.29. The number of ether oxygens (including phenoxy) is 6. The smallest absolute Gasteiger partial charge is 0.407 e. The zero-order valence-corrected chi connectivity index (χ0v) is 23.2. The number of rotatable bonds is 18. The molecule has 3 rings (SSSR count). The van der Waals surface area contributed by atoms with Gasteiger partial charge in [0.25, 0.3) is 0 Å². The van der Waals surface area contributed by atoms with E-state index in [1.807, 2.05) is 0 Å². The minimum absolute atomic E-state index is 0.0226. The second-order valence-corrected chi connectivity index (χ2v) is 8.67. The Balaban J connectivity index is 1.45. The molecule has 0 radical (unpaired) electrons. The molecule has 11 heteroatoms. The highest BCUT2D eigenvalue weighted by Gasteiger charge is 2.17. The lowest BCUT2D eigenvalue weighted by atomic mass is 10.1. The second-order valence-electron chi connectivity index (χ2n) is 8.67. The van der Waals surface area contributed by atoms with Crippen LogP contribution in [0.1, 0.15) is 26.3 Å². The molecule has 42 heavy (non-hydrogen) atoms. The molecular weight excluding hydrogens is 546 g/mol. The van der Waals surface area contributed by atoms with E-state index in [-0.39, 0.29) is 44.5 Å². The summed E-state index contributed by atoms with van der Waals surface area (Å²) in [5.74, 6) is -1.03. The van der Waals surface area contributed by atoms with Crippen LogP contribution in [-0.4, -0.2) is 82.5 Å². The second kappa shape index (κ2) is 18.9. The number of esters is 2. The summed E-state index contributed by atoms with van der Waals surface area (Å²) in [6, 6.07) is 21.8. The van der Waals surface area contributed by atoms with Crippen LogP contribution in [0.15, 0.2) is 78.9 Å². The zero-order valence-electron chi connectivity index (χ0n) is 23.2. The number of aliphatic hydroxyl groups is 1. The molecule has 0 spiro atoms. The van der Waals surface area contributed by atoms with Crippen LogP contribution in [0.25, 0.3) is 0 Å². The molecule has 0 fully saturated rings. The van der Waals surface area contributed by atoms with Crippen LogP contribution in [0.3, 0.4) is 0 Å². The summed E-state index contributed by atoms with van der Waals surface area (Å²) in [7, 11) is 0. The molecule has 11 nitrogen and oxygen atoms in total. The number of amides is 1. The highest BCUT2D eigenvalue weighted by Crippen LogP contribution is 2.30. The van der Waals surface area contributed by atoms with Crippen molar-refractivity contribution in [1.29, 1.82) is 0 Å². The summed E-state index contributed by atoms with van der Waals surface area (Å²) < 4.78 is 31.9. The summed E-state index contributed by atoms with van der Waals surface area (Å²) in [6.45, 7) is 2.33. The maximum atomic E-state index is 12.7. The normalized spacial score (nSPS) is 10.6. The largest absolute Gasteiger partial charge is 0.447 e. The van der Waals surface area contributed by atoms with Gasteiger partial charge in [0.1, 0.15) is 6.61 Å². The van der Waals surface area contributed by atoms with Gasteiger partial charge in [0.15, 0.2) is 11.5 Å². The minimum atomic E-state index is -0.604. The molecule has 0 saturated heterocycles. The van der Waals surface area contributed by atoms with Crippen molar-refractivity contribution in [2.45, 2.75) is 6.42 Å². The Labute approximate surface area is 244 Å². The van der Waals surface area contributed by atoms with Gasteiger partial charge in [-0.25, -0.2) is 14.4 Å². The van der Waals surface area contributed by atoms with Crippen molar-refractivity contribution in [3.05, 3.63) is 95.6 Å². The van der Waals surface area contributed by atoms with E-state index in [4.69, 9.17) is 33.5 Å². The first kappa shape index (κ1) is 32.2. The molecule has 3 aromatic rings. The van der Waals surface area contributed by atoms with Crippen molar-refractivity contribution < 1.29 is 47.9 Å². The van der Waals surface area contributed by atoms with Crippen molar-refractivity contribution >= 4 is 18.0 Å². The van der Waals surface area contributed by atoms with Gasteiger partial charge in [0, 0.05) is 6.54 Å². The van der Waals surface area contributed by atoms with E-state index in [2.05, 4.69) is 5.32 Å². The van der Waals surface area contributed by atoms with E-state index >= 15 is 0 Å². The lowest BCUT2D eigenvalue weighted by Crippen LogP contribution is -2.27. The summed E-state index contributed by atoms with van der Waals surface area (Å²) in [5.41, 5.74) is 1.42. The van der Waals surface area contributed by atoms with Gasteiger partial charge in [0.05, 0.1) is 57.4 Å². The first-order chi connectivity index (χ1) is 20.6. The molecule has 0 aromatic heterocycles. The Morgan fingerprint density at radius 3 is 1.71 bits per heavy atom. The molecule has 0 unspecified atom stereocenters. The topological polar surface area (TPSA) is 139 Å². The maximum absolute atomic E-state index is 12.7. The van der Waals surface area contributed by atoms with Crippen LogP contribution in [-0.2, 0) is 25.4 Å². The van der Waals surface area contributed by atoms with Crippen LogP contribution in [0, 0.1) is 0 Å². The SMILES string of the molecule is O=C(NCCc1ccc(OC(=O)c2ccccc2)c(OC(=O)c2ccccc2)c1)OCCOCCOCCOCCO. The molecule has 0 aliphatic carbocycles. The summed E-state index contributed by atoms with van der Waals surface area (Å²) in [5, 5.41) is 11.3. The van der Waals surface area contributed by atoms with Gasteiger partial charge in [-0.2, -0.15) is 0 Å². The monoisotopic (exact) mass is 581 g/mol. The lowest BCUT2D eigenvalue weighted by molar-refractivity contribution is 0.000762. The fourth-order valence-electron chi connectivity index (χ4n) is 3.50. The molecule has 0 aliphatic rings. The van der Waals surface area contributed by atoms with Gasteiger partial charge < -0.3 is 38.8 Å². The number of carbonyl (C=O) groups excluding carboxylic acids is 3. The molecule has 3 aromatic carbocycles. The summed E-state index contributed by atoms with van der Waals surface area (Å²) >= 11 is 0. The number of aliphatic hydroxyl groups excluding tert-OH is 1. The number of carbonyl (C=O) groups is 3. The quantitative estimate of drug-likeness (QED) is 0.130. The minimum Gasteiger partial charge on any atom is -0.447 e. The van der Waals surface area contributed by atoms with Crippen molar-refractivity contribution in [2.24, 2.45) is 0 Å². The van der Waals surface area contributed by atoms with Crippen LogP contribution in [0.4, 0.5) is 4.79 Å². The van der Waals surface area contributed by atoms with Gasteiger partial charge in [-0.1, -0.05) is 42.5 Å². The number of benzene rings is 3. The Bertz CT molecular complexity index is 1240. The van der Waals surface area contributed by atoms with Gasteiger partial charge in [-0.3, -0.25) is 0 Å². The molecular formula is C31H35NO10.